The van der Waals surface area contributed by atoms with Crippen LogP contribution >= 0.6 is 0 Å². The Kier molecular flexibility index (Phi) is 2.77. The highest BCUT2D eigenvalue weighted by Crippen LogP contribution is 2.28. The van der Waals surface area contributed by atoms with Gasteiger partial charge >= 0.3 is 0 Å². The molecule has 1 saturated carbocycles. The Bertz CT molecular complexity index is 608. The van der Waals surface area contributed by atoms with Gasteiger partial charge < -0.3 is 10.7 Å². The van der Waals surface area contributed by atoms with Crippen molar-refractivity contribution in [1.82, 2.24) is 19.9 Å². The molecule has 0 saturated heterocycles. The lowest BCUT2D eigenvalue weighted by Crippen LogP contribution is -2.10. The number of anilines is 1. The van der Waals surface area contributed by atoms with Crippen LogP contribution in [0.1, 0.15) is 37.9 Å². The summed E-state index contributed by atoms with van der Waals surface area (Å²) in [6, 6.07) is 0. The number of aromatic amines is 2. The number of nitrogens with two attached hydrogens (primary N) is 1. The van der Waals surface area contributed by atoms with Crippen molar-refractivity contribution >= 4 is 17.1 Å². The van der Waals surface area contributed by atoms with Crippen LogP contribution in [0.5, 0.6) is 0 Å². The maximum atomic E-state index is 11.6. The van der Waals surface area contributed by atoms with Crippen molar-refractivity contribution in [2.75, 3.05) is 5.73 Å². The Morgan fingerprint density at radius 2 is 2.00 bits per heavy atom. The number of rotatable bonds is 3. The minimum atomic E-state index is -0.253. The molecular formula is C12H17N5O. The maximum absolute atomic E-state index is 11.6. The normalized spacial score (nSPS) is 16.7. The first-order chi connectivity index (χ1) is 8.72. The van der Waals surface area contributed by atoms with E-state index < -0.39 is 0 Å². The van der Waals surface area contributed by atoms with Crippen LogP contribution in [0.25, 0.3) is 11.2 Å². The van der Waals surface area contributed by atoms with Gasteiger partial charge in [0.15, 0.2) is 11.2 Å². The minimum absolute atomic E-state index is 0.112. The fourth-order valence-corrected chi connectivity index (χ4v) is 2.73. The Labute approximate surface area is 104 Å². The summed E-state index contributed by atoms with van der Waals surface area (Å²) in [5.74, 6) is 1.76. The number of fused-ring (bicyclic) bond motifs is 1. The lowest BCUT2D eigenvalue weighted by atomic mass is 10.0. The molecule has 0 atom stereocenters. The van der Waals surface area contributed by atoms with E-state index in [-0.39, 0.29) is 11.5 Å². The van der Waals surface area contributed by atoms with Crippen molar-refractivity contribution in [1.29, 1.82) is 0 Å². The highest BCUT2D eigenvalue weighted by molar-refractivity contribution is 5.70. The molecule has 0 radical (unpaired) electrons. The third-order valence-corrected chi connectivity index (χ3v) is 3.69. The van der Waals surface area contributed by atoms with E-state index in [2.05, 4.69) is 19.9 Å². The van der Waals surface area contributed by atoms with Crippen molar-refractivity contribution in [3.8, 4) is 0 Å². The predicted molar refractivity (Wildman–Crippen MR) is 69.2 cm³/mol. The van der Waals surface area contributed by atoms with E-state index in [4.69, 9.17) is 5.73 Å². The van der Waals surface area contributed by atoms with Gasteiger partial charge in [0, 0.05) is 6.42 Å². The van der Waals surface area contributed by atoms with Crippen LogP contribution in [0.3, 0.4) is 0 Å². The monoisotopic (exact) mass is 247 g/mol. The van der Waals surface area contributed by atoms with Gasteiger partial charge in [0.25, 0.3) is 5.56 Å². The number of nitrogen functional groups attached to an aromatic ring is 1. The van der Waals surface area contributed by atoms with E-state index in [0.29, 0.717) is 11.2 Å². The van der Waals surface area contributed by atoms with Gasteiger partial charge in [-0.15, -0.1) is 0 Å². The molecule has 6 nitrogen and oxygen atoms in total. The van der Waals surface area contributed by atoms with Crippen molar-refractivity contribution < 1.29 is 0 Å². The third-order valence-electron chi connectivity index (χ3n) is 3.69. The van der Waals surface area contributed by atoms with Gasteiger partial charge in [0.1, 0.15) is 5.82 Å². The molecule has 96 valence electrons. The largest absolute Gasteiger partial charge is 0.369 e. The first kappa shape index (κ1) is 11.3. The average molecular weight is 247 g/mol. The first-order valence-corrected chi connectivity index (χ1v) is 6.47. The highest BCUT2D eigenvalue weighted by atomic mass is 16.1. The summed E-state index contributed by atoms with van der Waals surface area (Å²) in [7, 11) is 0. The number of imidazole rings is 1. The summed E-state index contributed by atoms with van der Waals surface area (Å²) in [5, 5.41) is 0. The van der Waals surface area contributed by atoms with Crippen LogP contribution in [0.2, 0.25) is 0 Å². The molecule has 0 aliphatic heterocycles. The summed E-state index contributed by atoms with van der Waals surface area (Å²) >= 11 is 0. The van der Waals surface area contributed by atoms with Crippen LogP contribution in [0.4, 0.5) is 5.95 Å². The zero-order valence-corrected chi connectivity index (χ0v) is 10.2. The van der Waals surface area contributed by atoms with Crippen molar-refractivity contribution in [2.45, 2.75) is 38.5 Å². The molecule has 3 rings (SSSR count). The number of aromatic nitrogens is 4. The Hall–Kier alpha value is -1.85. The smallest absolute Gasteiger partial charge is 0.278 e. The molecule has 18 heavy (non-hydrogen) atoms. The molecule has 6 heteroatoms. The third kappa shape index (κ3) is 2.10. The number of nitrogens with one attached hydrogen (secondary N) is 2. The first-order valence-electron chi connectivity index (χ1n) is 6.47. The summed E-state index contributed by atoms with van der Waals surface area (Å²) in [4.78, 5) is 25.5. The minimum Gasteiger partial charge on any atom is -0.369 e. The van der Waals surface area contributed by atoms with Gasteiger partial charge in [-0.05, 0) is 12.3 Å². The standard InChI is InChI=1S/C12H17N5O/c13-12-16-10-9(11(18)17-12)14-8(15-10)6-5-7-3-1-2-4-7/h7H,1-6H2,(H4,13,14,15,16,17,18). The predicted octanol–water partition coefficient (Wildman–Crippen LogP) is 1.35. The summed E-state index contributed by atoms with van der Waals surface area (Å²) < 4.78 is 0. The van der Waals surface area contributed by atoms with Gasteiger partial charge in [0.05, 0.1) is 0 Å². The molecule has 0 unspecified atom stereocenters. The van der Waals surface area contributed by atoms with Crippen LogP contribution in [-0.2, 0) is 6.42 Å². The number of nitrogens with zero attached hydrogens (tertiary/aromatic N) is 2. The van der Waals surface area contributed by atoms with Crippen LogP contribution in [0, 0.1) is 5.92 Å². The fourth-order valence-electron chi connectivity index (χ4n) is 2.73. The lowest BCUT2D eigenvalue weighted by Gasteiger charge is -2.05. The molecular weight excluding hydrogens is 230 g/mol. The zero-order chi connectivity index (χ0) is 12.5. The van der Waals surface area contributed by atoms with Gasteiger partial charge in [-0.3, -0.25) is 9.78 Å². The van der Waals surface area contributed by atoms with Crippen molar-refractivity contribution in [3.05, 3.63) is 16.2 Å². The molecule has 0 bridgehead atoms. The SMILES string of the molecule is Nc1nc2nc(CCC3CCCC3)[nH]c2c(=O)[nH]1. The number of H-pyrrole nitrogens is 2. The molecule has 0 spiro atoms. The van der Waals surface area contributed by atoms with Gasteiger partial charge in [-0.25, -0.2) is 4.98 Å². The molecule has 2 aromatic heterocycles. The molecule has 1 aliphatic carbocycles. The fraction of sp³-hybridized carbons (Fsp3) is 0.583. The van der Waals surface area contributed by atoms with Crippen LogP contribution in [0.15, 0.2) is 4.79 Å². The molecule has 0 amide bonds. The van der Waals surface area contributed by atoms with Crippen LogP contribution in [-0.4, -0.2) is 19.9 Å². The van der Waals surface area contributed by atoms with Gasteiger partial charge in [0.2, 0.25) is 5.95 Å². The second kappa shape index (κ2) is 4.44. The van der Waals surface area contributed by atoms with E-state index in [1.54, 1.807) is 0 Å². The van der Waals surface area contributed by atoms with Gasteiger partial charge in [-0.1, -0.05) is 25.7 Å². The number of aryl methyl sites for hydroxylation is 1. The van der Waals surface area contributed by atoms with E-state index in [0.717, 1.165) is 24.6 Å². The molecule has 1 aliphatic rings. The maximum Gasteiger partial charge on any atom is 0.278 e. The van der Waals surface area contributed by atoms with Gasteiger partial charge in [-0.2, -0.15) is 4.98 Å². The Balaban J connectivity index is 1.80. The van der Waals surface area contributed by atoms with Crippen LogP contribution < -0.4 is 11.3 Å². The Morgan fingerprint density at radius 1 is 1.22 bits per heavy atom. The van der Waals surface area contributed by atoms with Crippen molar-refractivity contribution in [3.63, 3.8) is 0 Å². The summed E-state index contributed by atoms with van der Waals surface area (Å²) in [6.07, 6.45) is 7.36. The summed E-state index contributed by atoms with van der Waals surface area (Å²) in [6.45, 7) is 0. The zero-order valence-electron chi connectivity index (χ0n) is 10.2. The topological polar surface area (TPSA) is 100 Å². The second-order valence-corrected chi connectivity index (χ2v) is 5.02. The van der Waals surface area contributed by atoms with E-state index >= 15 is 0 Å². The van der Waals surface area contributed by atoms with E-state index in [9.17, 15) is 4.79 Å². The van der Waals surface area contributed by atoms with E-state index in [1.165, 1.54) is 25.7 Å². The molecule has 2 heterocycles. The molecule has 4 N–H and O–H groups in total. The molecule has 2 aromatic rings. The quantitative estimate of drug-likeness (QED) is 0.762. The molecule has 0 aromatic carbocycles. The lowest BCUT2D eigenvalue weighted by molar-refractivity contribution is 0.498. The highest BCUT2D eigenvalue weighted by Gasteiger charge is 2.16. The van der Waals surface area contributed by atoms with Crippen molar-refractivity contribution in [2.24, 2.45) is 5.92 Å². The second-order valence-electron chi connectivity index (χ2n) is 5.02. The van der Waals surface area contributed by atoms with E-state index in [1.807, 2.05) is 0 Å². The Morgan fingerprint density at radius 3 is 2.78 bits per heavy atom. The number of hydrogen-bond donors (Lipinski definition) is 3. The number of hydrogen-bond acceptors (Lipinski definition) is 4. The molecule has 1 fully saturated rings. The summed E-state index contributed by atoms with van der Waals surface area (Å²) in [5.41, 5.74) is 6.07. The average Bonchev–Trinajstić information content (AvgIpc) is 2.93.